The molecule has 18 heavy (non-hydrogen) atoms. The van der Waals surface area contributed by atoms with E-state index in [1.165, 1.54) is 21.6 Å². The van der Waals surface area contributed by atoms with E-state index in [0.717, 1.165) is 36.9 Å². The summed E-state index contributed by atoms with van der Waals surface area (Å²) in [6.45, 7) is 2.02. The van der Waals surface area contributed by atoms with E-state index < -0.39 is 0 Å². The maximum Gasteiger partial charge on any atom is 0.235 e. The molecule has 0 saturated heterocycles. The molecule has 0 unspecified atom stereocenters. The number of nitrogens with zero attached hydrogens (tertiary/aromatic N) is 2. The Morgan fingerprint density at radius 2 is 2.17 bits per heavy atom. The number of hydrogen-bond donors (Lipinski definition) is 0. The number of aromatic nitrogens is 1. The summed E-state index contributed by atoms with van der Waals surface area (Å²) in [5, 5.41) is 1.20. The summed E-state index contributed by atoms with van der Waals surface area (Å²) >= 11 is 1.51. The van der Waals surface area contributed by atoms with E-state index in [-0.39, 0.29) is 5.54 Å². The van der Waals surface area contributed by atoms with Gasteiger partial charge in [0.15, 0.2) is 0 Å². The molecule has 1 fully saturated rings. The van der Waals surface area contributed by atoms with Gasteiger partial charge in [0, 0.05) is 5.39 Å². The first-order chi connectivity index (χ1) is 8.75. The predicted molar refractivity (Wildman–Crippen MR) is 72.6 cm³/mol. The summed E-state index contributed by atoms with van der Waals surface area (Å²) in [6, 6.07) is 6.34. The zero-order valence-corrected chi connectivity index (χ0v) is 11.1. The quantitative estimate of drug-likeness (QED) is 0.608. The second-order valence-electron chi connectivity index (χ2n) is 4.92. The summed E-state index contributed by atoms with van der Waals surface area (Å²) in [6.07, 6.45) is 5.92. The van der Waals surface area contributed by atoms with Crippen LogP contribution in [-0.2, 0) is 10.3 Å². The predicted octanol–water partition coefficient (Wildman–Crippen LogP) is 3.71. The third kappa shape index (κ3) is 1.69. The van der Waals surface area contributed by atoms with E-state index in [1.807, 2.05) is 6.92 Å². The average Bonchev–Trinajstić information content (AvgIpc) is 2.98. The highest BCUT2D eigenvalue weighted by molar-refractivity contribution is 7.13. The molecule has 92 valence electrons. The van der Waals surface area contributed by atoms with Crippen molar-refractivity contribution in [2.75, 3.05) is 0 Å². The summed E-state index contributed by atoms with van der Waals surface area (Å²) in [7, 11) is 0. The lowest BCUT2D eigenvalue weighted by Crippen LogP contribution is -2.18. The van der Waals surface area contributed by atoms with E-state index in [1.54, 1.807) is 6.08 Å². The largest absolute Gasteiger partial charge is 0.235 e. The number of fused-ring (bicyclic) bond motifs is 1. The molecule has 1 saturated carbocycles. The summed E-state index contributed by atoms with van der Waals surface area (Å²) in [4.78, 5) is 14.8. The van der Waals surface area contributed by atoms with Crippen LogP contribution in [0.5, 0.6) is 0 Å². The van der Waals surface area contributed by atoms with Crippen LogP contribution in [0.4, 0.5) is 0 Å². The van der Waals surface area contributed by atoms with Crippen LogP contribution < -0.4 is 0 Å². The second-order valence-corrected chi connectivity index (χ2v) is 5.73. The molecule has 1 aromatic heterocycles. The Balaban J connectivity index is 2.15. The maximum absolute atomic E-state index is 10.7. The van der Waals surface area contributed by atoms with Gasteiger partial charge in [-0.05, 0) is 42.9 Å². The molecule has 0 bridgehead atoms. The van der Waals surface area contributed by atoms with Gasteiger partial charge in [-0.1, -0.05) is 25.0 Å². The molecule has 4 heteroatoms. The second kappa shape index (κ2) is 4.30. The van der Waals surface area contributed by atoms with Crippen molar-refractivity contribution in [2.45, 2.75) is 38.1 Å². The van der Waals surface area contributed by atoms with E-state index in [9.17, 15) is 4.79 Å². The Morgan fingerprint density at radius 1 is 1.39 bits per heavy atom. The van der Waals surface area contributed by atoms with Crippen LogP contribution in [0.1, 0.15) is 36.9 Å². The van der Waals surface area contributed by atoms with Gasteiger partial charge in [-0.3, -0.25) is 0 Å². The molecule has 0 spiro atoms. The van der Waals surface area contributed by atoms with Gasteiger partial charge in [-0.25, -0.2) is 4.79 Å². The van der Waals surface area contributed by atoms with Gasteiger partial charge in [0.25, 0.3) is 0 Å². The van der Waals surface area contributed by atoms with Crippen LogP contribution >= 0.6 is 11.5 Å². The zero-order chi connectivity index (χ0) is 12.6. The average molecular weight is 258 g/mol. The fraction of sp³-hybridized carbons (Fsp3) is 0.429. The highest BCUT2D eigenvalue weighted by Crippen LogP contribution is 2.43. The molecule has 0 amide bonds. The number of benzene rings is 1. The minimum Gasteiger partial charge on any atom is -0.211 e. The summed E-state index contributed by atoms with van der Waals surface area (Å²) in [5.74, 6) is 0. The van der Waals surface area contributed by atoms with Crippen molar-refractivity contribution in [3.8, 4) is 0 Å². The monoisotopic (exact) mass is 258 g/mol. The van der Waals surface area contributed by atoms with Crippen LogP contribution in [-0.4, -0.2) is 10.5 Å². The van der Waals surface area contributed by atoms with E-state index >= 15 is 0 Å². The SMILES string of the molecule is Cc1nsc2cc(C3(N=C=O)CCCC3)ccc12. The van der Waals surface area contributed by atoms with Gasteiger partial charge < -0.3 is 0 Å². The number of carbonyl (C=O) groups excluding carboxylic acids is 1. The molecular formula is C14H14N2OS. The smallest absolute Gasteiger partial charge is 0.211 e. The summed E-state index contributed by atoms with van der Waals surface area (Å²) < 4.78 is 5.54. The fourth-order valence-electron chi connectivity index (χ4n) is 2.87. The minimum atomic E-state index is -0.326. The van der Waals surface area contributed by atoms with E-state index in [0.29, 0.717) is 0 Å². The first-order valence-electron chi connectivity index (χ1n) is 6.21. The lowest BCUT2D eigenvalue weighted by atomic mass is 9.88. The first kappa shape index (κ1) is 11.6. The molecule has 3 rings (SSSR count). The number of rotatable bonds is 2. The van der Waals surface area contributed by atoms with Gasteiger partial charge in [-0.15, -0.1) is 0 Å². The topological polar surface area (TPSA) is 42.3 Å². The van der Waals surface area contributed by atoms with E-state index in [2.05, 4.69) is 27.6 Å². The molecule has 0 radical (unpaired) electrons. The van der Waals surface area contributed by atoms with E-state index in [4.69, 9.17) is 0 Å². The molecule has 2 aromatic rings. The van der Waals surface area contributed by atoms with Gasteiger partial charge in [0.2, 0.25) is 6.08 Å². The first-order valence-corrected chi connectivity index (χ1v) is 6.98. The van der Waals surface area contributed by atoms with Gasteiger partial charge >= 0.3 is 0 Å². The Bertz CT molecular complexity index is 634. The number of aryl methyl sites for hydroxylation is 1. The van der Waals surface area contributed by atoms with Gasteiger partial charge in [-0.2, -0.15) is 9.37 Å². The lowest BCUT2D eigenvalue weighted by molar-refractivity contribution is 0.456. The normalized spacial score (nSPS) is 17.8. The Labute approximate surface area is 110 Å². The Morgan fingerprint density at radius 3 is 2.89 bits per heavy atom. The molecule has 0 atom stereocenters. The highest BCUT2D eigenvalue weighted by atomic mass is 32.1. The van der Waals surface area contributed by atoms with Crippen molar-refractivity contribution in [1.29, 1.82) is 0 Å². The Kier molecular flexibility index (Phi) is 2.77. The standard InChI is InChI=1S/C14H14N2OS/c1-10-12-5-4-11(8-13(12)18-16-10)14(15-9-17)6-2-3-7-14/h4-5,8H,2-3,6-7H2,1H3. The fourth-order valence-corrected chi connectivity index (χ4v) is 3.69. The van der Waals surface area contributed by atoms with Crippen molar-refractivity contribution >= 4 is 27.7 Å². The van der Waals surface area contributed by atoms with Crippen LogP contribution in [0.3, 0.4) is 0 Å². The van der Waals surface area contributed by atoms with Crippen LogP contribution in [0.2, 0.25) is 0 Å². The third-order valence-corrected chi connectivity index (χ3v) is 4.78. The molecule has 1 heterocycles. The maximum atomic E-state index is 10.7. The molecular weight excluding hydrogens is 244 g/mol. The minimum absolute atomic E-state index is 0.326. The van der Waals surface area contributed by atoms with Gasteiger partial charge in [0.05, 0.1) is 15.9 Å². The van der Waals surface area contributed by atoms with Crippen LogP contribution in [0.15, 0.2) is 23.2 Å². The van der Waals surface area contributed by atoms with Crippen molar-refractivity contribution in [2.24, 2.45) is 4.99 Å². The molecule has 1 aliphatic rings. The highest BCUT2D eigenvalue weighted by Gasteiger charge is 2.35. The lowest BCUT2D eigenvalue weighted by Gasteiger charge is -2.22. The molecule has 3 nitrogen and oxygen atoms in total. The third-order valence-electron chi connectivity index (χ3n) is 3.88. The van der Waals surface area contributed by atoms with Crippen molar-refractivity contribution in [1.82, 2.24) is 4.37 Å². The zero-order valence-electron chi connectivity index (χ0n) is 10.3. The van der Waals surface area contributed by atoms with Gasteiger partial charge in [0.1, 0.15) is 0 Å². The van der Waals surface area contributed by atoms with Crippen LogP contribution in [0.25, 0.3) is 10.1 Å². The molecule has 1 aliphatic carbocycles. The molecule has 0 N–H and O–H groups in total. The van der Waals surface area contributed by atoms with Crippen molar-refractivity contribution in [3.05, 3.63) is 29.5 Å². The number of isocyanates is 1. The number of aliphatic imine (C=N–C) groups is 1. The van der Waals surface area contributed by atoms with Crippen molar-refractivity contribution in [3.63, 3.8) is 0 Å². The van der Waals surface area contributed by atoms with Crippen LogP contribution in [0, 0.1) is 6.92 Å². The van der Waals surface area contributed by atoms with Crippen molar-refractivity contribution < 1.29 is 4.79 Å². The molecule has 1 aromatic carbocycles. The number of hydrogen-bond acceptors (Lipinski definition) is 4. The molecule has 0 aliphatic heterocycles. The summed E-state index contributed by atoms with van der Waals surface area (Å²) in [5.41, 5.74) is 1.88. The Hall–Kier alpha value is -1.51.